The topological polar surface area (TPSA) is 86.3 Å². The number of aliphatic imine (C=N–C) groups is 1. The fourth-order valence-electron chi connectivity index (χ4n) is 2.78. The van der Waals surface area contributed by atoms with Crippen LogP contribution < -0.4 is 10.6 Å². The first-order valence-corrected chi connectivity index (χ1v) is 8.56. The standard InChI is InChI=1S/C16H29N5O3/c1-20(2)15(23)10-18-16(17-9-13-5-4-8-24-13)19-12-6-7-14(22)21(3)11-12/h12-13H,4-11H2,1-3H3,(H2,17,18,19). The summed E-state index contributed by atoms with van der Waals surface area (Å²) in [4.78, 5) is 31.0. The SMILES string of the molecule is CN(C)C(=O)CN=C(NCC1CCCO1)NC1CCC(=O)N(C)C1. The van der Waals surface area contributed by atoms with Crippen molar-refractivity contribution in [3.63, 3.8) is 0 Å². The molecule has 2 rings (SSSR count). The van der Waals surface area contributed by atoms with Crippen LogP contribution in [0.1, 0.15) is 25.7 Å². The van der Waals surface area contributed by atoms with Gasteiger partial charge in [0.25, 0.3) is 0 Å². The first kappa shape index (κ1) is 18.5. The normalized spacial score (nSPS) is 24.9. The predicted octanol–water partition coefficient (Wildman–Crippen LogP) is -0.590. The van der Waals surface area contributed by atoms with Crippen LogP contribution >= 0.6 is 0 Å². The molecule has 0 aliphatic carbocycles. The molecule has 2 unspecified atom stereocenters. The third-order valence-corrected chi connectivity index (χ3v) is 4.36. The molecule has 8 heteroatoms. The molecule has 2 aliphatic heterocycles. The number of nitrogens with one attached hydrogen (secondary N) is 2. The number of hydrogen-bond acceptors (Lipinski definition) is 4. The molecule has 2 fully saturated rings. The van der Waals surface area contributed by atoms with Crippen molar-refractivity contribution in [3.8, 4) is 0 Å². The van der Waals surface area contributed by atoms with Gasteiger partial charge >= 0.3 is 0 Å². The maximum atomic E-state index is 11.8. The van der Waals surface area contributed by atoms with Gasteiger partial charge < -0.3 is 25.2 Å². The number of nitrogens with zero attached hydrogens (tertiary/aromatic N) is 3. The average molecular weight is 339 g/mol. The Labute approximate surface area is 143 Å². The van der Waals surface area contributed by atoms with Crippen LogP contribution in [0, 0.1) is 0 Å². The highest BCUT2D eigenvalue weighted by atomic mass is 16.5. The molecule has 2 heterocycles. The van der Waals surface area contributed by atoms with Gasteiger partial charge in [0.1, 0.15) is 6.54 Å². The number of rotatable bonds is 5. The molecule has 0 spiro atoms. The van der Waals surface area contributed by atoms with Crippen molar-refractivity contribution in [2.75, 3.05) is 47.4 Å². The smallest absolute Gasteiger partial charge is 0.243 e. The highest BCUT2D eigenvalue weighted by molar-refractivity contribution is 5.85. The van der Waals surface area contributed by atoms with E-state index in [9.17, 15) is 9.59 Å². The number of piperidine rings is 1. The molecular formula is C16H29N5O3. The van der Waals surface area contributed by atoms with Crippen LogP contribution in [0.25, 0.3) is 0 Å². The van der Waals surface area contributed by atoms with Gasteiger partial charge in [-0.1, -0.05) is 0 Å². The van der Waals surface area contributed by atoms with Gasteiger partial charge in [0, 0.05) is 53.3 Å². The van der Waals surface area contributed by atoms with E-state index in [1.54, 1.807) is 19.0 Å². The minimum Gasteiger partial charge on any atom is -0.376 e. The predicted molar refractivity (Wildman–Crippen MR) is 91.8 cm³/mol. The summed E-state index contributed by atoms with van der Waals surface area (Å²) in [6.45, 7) is 2.21. The number of likely N-dealkylation sites (N-methyl/N-ethyl adjacent to an activating group) is 2. The van der Waals surface area contributed by atoms with Crippen LogP contribution in [-0.2, 0) is 14.3 Å². The zero-order chi connectivity index (χ0) is 17.5. The number of hydrogen-bond donors (Lipinski definition) is 2. The number of guanidine groups is 1. The van der Waals surface area contributed by atoms with E-state index in [4.69, 9.17) is 4.74 Å². The van der Waals surface area contributed by atoms with Gasteiger partial charge in [0.2, 0.25) is 11.8 Å². The highest BCUT2D eigenvalue weighted by Gasteiger charge is 2.24. The van der Waals surface area contributed by atoms with Crippen molar-refractivity contribution in [2.45, 2.75) is 37.8 Å². The maximum Gasteiger partial charge on any atom is 0.243 e. The van der Waals surface area contributed by atoms with E-state index in [0.717, 1.165) is 25.9 Å². The molecule has 24 heavy (non-hydrogen) atoms. The molecule has 0 aromatic heterocycles. The molecule has 0 aromatic rings. The third kappa shape index (κ3) is 5.67. The molecule has 0 aromatic carbocycles. The van der Waals surface area contributed by atoms with Crippen LogP contribution in [-0.4, -0.2) is 87.1 Å². The van der Waals surface area contributed by atoms with Crippen molar-refractivity contribution in [3.05, 3.63) is 0 Å². The number of ether oxygens (including phenoxy) is 1. The van der Waals surface area contributed by atoms with Gasteiger partial charge in [-0.05, 0) is 19.3 Å². The second-order valence-electron chi connectivity index (χ2n) is 6.62. The first-order chi connectivity index (χ1) is 11.5. The van der Waals surface area contributed by atoms with Crippen molar-refractivity contribution in [1.29, 1.82) is 0 Å². The lowest BCUT2D eigenvalue weighted by Gasteiger charge is -2.31. The number of carbonyl (C=O) groups is 2. The largest absolute Gasteiger partial charge is 0.376 e. The van der Waals surface area contributed by atoms with Crippen LogP contribution in [0.4, 0.5) is 0 Å². The minimum absolute atomic E-state index is 0.0517. The minimum atomic E-state index is -0.0517. The third-order valence-electron chi connectivity index (χ3n) is 4.36. The fourth-order valence-corrected chi connectivity index (χ4v) is 2.78. The molecule has 0 bridgehead atoms. The number of carbonyl (C=O) groups excluding carboxylic acids is 2. The van der Waals surface area contributed by atoms with Crippen LogP contribution in [0.3, 0.4) is 0 Å². The molecule has 8 nitrogen and oxygen atoms in total. The van der Waals surface area contributed by atoms with Gasteiger partial charge in [-0.15, -0.1) is 0 Å². The molecule has 2 saturated heterocycles. The van der Waals surface area contributed by atoms with Gasteiger partial charge in [-0.25, -0.2) is 4.99 Å². The van der Waals surface area contributed by atoms with Crippen LogP contribution in [0.15, 0.2) is 4.99 Å². The summed E-state index contributed by atoms with van der Waals surface area (Å²) in [7, 11) is 5.24. The highest BCUT2D eigenvalue weighted by Crippen LogP contribution is 2.11. The molecule has 0 saturated carbocycles. The van der Waals surface area contributed by atoms with E-state index in [1.165, 1.54) is 4.90 Å². The summed E-state index contributed by atoms with van der Waals surface area (Å²) in [6.07, 6.45) is 3.62. The van der Waals surface area contributed by atoms with E-state index in [-0.39, 0.29) is 30.5 Å². The molecule has 2 atom stereocenters. The molecular weight excluding hydrogens is 310 g/mol. The van der Waals surface area contributed by atoms with Gasteiger partial charge in [0.05, 0.1) is 6.10 Å². The Bertz CT molecular complexity index is 474. The molecule has 2 amide bonds. The molecule has 136 valence electrons. The Hall–Kier alpha value is -1.83. The zero-order valence-electron chi connectivity index (χ0n) is 14.9. The second-order valence-corrected chi connectivity index (χ2v) is 6.62. The quantitative estimate of drug-likeness (QED) is 0.516. The van der Waals surface area contributed by atoms with Crippen molar-refractivity contribution < 1.29 is 14.3 Å². The fraction of sp³-hybridized carbons (Fsp3) is 0.812. The van der Waals surface area contributed by atoms with Gasteiger partial charge in [0.15, 0.2) is 5.96 Å². The van der Waals surface area contributed by atoms with Crippen molar-refractivity contribution in [1.82, 2.24) is 20.4 Å². The Balaban J connectivity index is 1.91. The summed E-state index contributed by atoms with van der Waals surface area (Å²) in [5, 5.41) is 6.61. The van der Waals surface area contributed by atoms with Crippen molar-refractivity contribution >= 4 is 17.8 Å². The van der Waals surface area contributed by atoms with Crippen molar-refractivity contribution in [2.24, 2.45) is 4.99 Å². The average Bonchev–Trinajstić information content (AvgIpc) is 3.06. The van der Waals surface area contributed by atoms with E-state index >= 15 is 0 Å². The Morgan fingerprint density at radius 1 is 1.42 bits per heavy atom. The molecule has 2 N–H and O–H groups in total. The van der Waals surface area contributed by atoms with E-state index in [1.807, 2.05) is 7.05 Å². The maximum absolute atomic E-state index is 11.8. The number of amides is 2. The summed E-state index contributed by atoms with van der Waals surface area (Å²) < 4.78 is 5.61. The summed E-state index contributed by atoms with van der Waals surface area (Å²) >= 11 is 0. The summed E-state index contributed by atoms with van der Waals surface area (Å²) in [5.41, 5.74) is 0. The molecule has 2 aliphatic rings. The monoisotopic (exact) mass is 339 g/mol. The zero-order valence-corrected chi connectivity index (χ0v) is 14.9. The lowest BCUT2D eigenvalue weighted by molar-refractivity contribution is -0.132. The van der Waals surface area contributed by atoms with Crippen LogP contribution in [0.5, 0.6) is 0 Å². The first-order valence-electron chi connectivity index (χ1n) is 8.56. The molecule has 0 radical (unpaired) electrons. The van der Waals surface area contributed by atoms with E-state index < -0.39 is 0 Å². The summed E-state index contributed by atoms with van der Waals surface area (Å²) in [5.74, 6) is 0.722. The summed E-state index contributed by atoms with van der Waals surface area (Å²) in [6, 6.07) is 0.137. The lowest BCUT2D eigenvalue weighted by atomic mass is 10.1. The van der Waals surface area contributed by atoms with Crippen LogP contribution in [0.2, 0.25) is 0 Å². The van der Waals surface area contributed by atoms with E-state index in [0.29, 0.717) is 25.5 Å². The second kappa shape index (κ2) is 8.86. The van der Waals surface area contributed by atoms with E-state index in [2.05, 4.69) is 15.6 Å². The van der Waals surface area contributed by atoms with Gasteiger partial charge in [-0.2, -0.15) is 0 Å². The Morgan fingerprint density at radius 3 is 2.83 bits per heavy atom. The lowest BCUT2D eigenvalue weighted by Crippen LogP contribution is -2.52. The number of likely N-dealkylation sites (tertiary alicyclic amines) is 1. The Morgan fingerprint density at radius 2 is 2.21 bits per heavy atom. The van der Waals surface area contributed by atoms with Gasteiger partial charge in [-0.3, -0.25) is 9.59 Å². The Kier molecular flexibility index (Phi) is 6.84.